The highest BCUT2D eigenvalue weighted by Crippen LogP contribution is 2.31. The van der Waals surface area contributed by atoms with Crippen LogP contribution in [0.15, 0.2) is 60.1 Å². The molecule has 5 rings (SSSR count). The number of benzene rings is 2. The fourth-order valence-corrected chi connectivity index (χ4v) is 4.28. The predicted molar refractivity (Wildman–Crippen MR) is 125 cm³/mol. The largest absolute Gasteiger partial charge is 0.338 e. The van der Waals surface area contributed by atoms with Gasteiger partial charge in [-0.1, -0.05) is 35.4 Å². The average molecular weight is 432 g/mol. The number of aromatic amines is 1. The summed E-state index contributed by atoms with van der Waals surface area (Å²) in [5, 5.41) is 6.71. The summed E-state index contributed by atoms with van der Waals surface area (Å²) in [7, 11) is 0. The van der Waals surface area contributed by atoms with Crippen molar-refractivity contribution in [2.24, 2.45) is 0 Å². The van der Waals surface area contributed by atoms with Gasteiger partial charge < -0.3 is 10.3 Å². The number of nitrogens with zero attached hydrogens (tertiary/aromatic N) is 3. The minimum absolute atomic E-state index is 0.458. The van der Waals surface area contributed by atoms with E-state index in [-0.39, 0.29) is 0 Å². The number of fused-ring (bicyclic) bond motifs is 1. The molecule has 2 N–H and O–H groups in total. The van der Waals surface area contributed by atoms with Crippen molar-refractivity contribution in [3.8, 4) is 22.6 Å². The number of H-pyrrole nitrogens is 1. The molecule has 0 fully saturated rings. The van der Waals surface area contributed by atoms with Gasteiger partial charge in [-0.05, 0) is 49.7 Å². The van der Waals surface area contributed by atoms with Gasteiger partial charge in [-0.25, -0.2) is 15.0 Å². The Hall–Kier alpha value is -3.22. The molecule has 0 saturated carbocycles. The van der Waals surface area contributed by atoms with Crippen LogP contribution in [0.5, 0.6) is 0 Å². The van der Waals surface area contributed by atoms with Crippen molar-refractivity contribution >= 4 is 44.8 Å². The van der Waals surface area contributed by atoms with Crippen molar-refractivity contribution in [1.82, 2.24) is 19.9 Å². The second-order valence-electron chi connectivity index (χ2n) is 7.17. The lowest BCUT2D eigenvalue weighted by Crippen LogP contribution is -1.93. The molecule has 0 unspecified atom stereocenters. The van der Waals surface area contributed by atoms with E-state index in [2.05, 4.69) is 59.5 Å². The number of hydrogen-bond acceptors (Lipinski definition) is 5. The summed E-state index contributed by atoms with van der Waals surface area (Å²) in [6.45, 7) is 4.16. The van der Waals surface area contributed by atoms with Crippen LogP contribution in [-0.2, 0) is 0 Å². The maximum absolute atomic E-state index is 6.00. The lowest BCUT2D eigenvalue weighted by molar-refractivity contribution is 1.31. The van der Waals surface area contributed by atoms with Crippen LogP contribution >= 0.6 is 22.9 Å². The van der Waals surface area contributed by atoms with Gasteiger partial charge in [0.05, 0.1) is 16.7 Å². The molecule has 0 aliphatic heterocycles. The Bertz CT molecular complexity index is 1370. The summed E-state index contributed by atoms with van der Waals surface area (Å²) in [6, 6.07) is 16.2. The molecule has 148 valence electrons. The molecule has 5 nitrogen and oxygen atoms in total. The van der Waals surface area contributed by atoms with E-state index in [9.17, 15) is 0 Å². The second-order valence-corrected chi connectivity index (χ2v) is 8.41. The Labute approximate surface area is 182 Å². The maximum atomic E-state index is 6.00. The number of aromatic nitrogens is 4. The molecule has 3 heterocycles. The fraction of sp³-hybridized carbons (Fsp3) is 0.0870. The number of aryl methyl sites for hydroxylation is 2. The van der Waals surface area contributed by atoms with Crippen LogP contribution in [0.3, 0.4) is 0 Å². The SMILES string of the molecule is Cc1cccc(-c2nc3cc(Nc4nc(-c5ccnc(Cl)c5)cs4)c(C)cc3[nH]2)c1. The minimum Gasteiger partial charge on any atom is -0.338 e. The van der Waals surface area contributed by atoms with Crippen LogP contribution in [-0.4, -0.2) is 19.9 Å². The van der Waals surface area contributed by atoms with Crippen LogP contribution < -0.4 is 5.32 Å². The average Bonchev–Trinajstić information content (AvgIpc) is 3.35. The zero-order valence-corrected chi connectivity index (χ0v) is 18.0. The molecule has 0 spiro atoms. The fourth-order valence-electron chi connectivity index (χ4n) is 3.37. The maximum Gasteiger partial charge on any atom is 0.187 e. The van der Waals surface area contributed by atoms with Crippen LogP contribution in [0, 0.1) is 13.8 Å². The number of anilines is 2. The van der Waals surface area contributed by atoms with Gasteiger partial charge in [0.15, 0.2) is 5.13 Å². The quantitative estimate of drug-likeness (QED) is 0.308. The van der Waals surface area contributed by atoms with E-state index in [0.717, 1.165) is 50.1 Å². The van der Waals surface area contributed by atoms with Crippen molar-refractivity contribution in [3.05, 3.63) is 76.4 Å². The number of halogens is 1. The van der Waals surface area contributed by atoms with Crippen molar-refractivity contribution in [3.63, 3.8) is 0 Å². The van der Waals surface area contributed by atoms with Gasteiger partial charge in [-0.3, -0.25) is 0 Å². The summed E-state index contributed by atoms with van der Waals surface area (Å²) < 4.78 is 0. The third-order valence-corrected chi connectivity index (χ3v) is 5.85. The van der Waals surface area contributed by atoms with Crippen molar-refractivity contribution in [2.45, 2.75) is 13.8 Å². The highest BCUT2D eigenvalue weighted by Gasteiger charge is 2.11. The Kier molecular flexibility index (Phi) is 4.73. The second kappa shape index (κ2) is 7.55. The summed E-state index contributed by atoms with van der Waals surface area (Å²) in [5.74, 6) is 0.872. The van der Waals surface area contributed by atoms with Gasteiger partial charge in [0.2, 0.25) is 0 Å². The van der Waals surface area contributed by atoms with Crippen molar-refractivity contribution in [1.29, 1.82) is 0 Å². The van der Waals surface area contributed by atoms with Crippen LogP contribution in [0.25, 0.3) is 33.7 Å². The van der Waals surface area contributed by atoms with Crippen LogP contribution in [0.1, 0.15) is 11.1 Å². The molecule has 0 saturated heterocycles. The summed E-state index contributed by atoms with van der Waals surface area (Å²) in [5.41, 5.74) is 8.14. The molecule has 0 radical (unpaired) electrons. The molecule has 0 aliphatic carbocycles. The molecule has 2 aromatic carbocycles. The van der Waals surface area contributed by atoms with E-state index in [4.69, 9.17) is 21.6 Å². The van der Waals surface area contributed by atoms with E-state index in [1.54, 1.807) is 17.5 Å². The monoisotopic (exact) mass is 431 g/mol. The standard InChI is InChI=1S/C23H18ClN5S/c1-13-4-3-5-16(8-13)22-26-18-9-14(2)17(11-19(18)27-22)28-23-29-20(12-30-23)15-6-7-25-21(24)10-15/h3-12H,1-2H3,(H,26,27)(H,28,29). The molecule has 0 aliphatic rings. The first kappa shape index (κ1) is 18.8. The summed E-state index contributed by atoms with van der Waals surface area (Å²) >= 11 is 7.55. The summed E-state index contributed by atoms with van der Waals surface area (Å²) in [4.78, 5) is 16.9. The number of thiazole rings is 1. The number of nitrogens with one attached hydrogen (secondary N) is 2. The zero-order valence-electron chi connectivity index (χ0n) is 16.4. The van der Waals surface area contributed by atoms with E-state index >= 15 is 0 Å². The van der Waals surface area contributed by atoms with E-state index < -0.39 is 0 Å². The number of pyridine rings is 1. The first-order chi connectivity index (χ1) is 14.5. The molecule has 0 atom stereocenters. The van der Waals surface area contributed by atoms with E-state index in [0.29, 0.717) is 5.15 Å². The highest BCUT2D eigenvalue weighted by molar-refractivity contribution is 7.14. The number of hydrogen-bond donors (Lipinski definition) is 2. The lowest BCUT2D eigenvalue weighted by Gasteiger charge is -2.06. The highest BCUT2D eigenvalue weighted by atomic mass is 35.5. The van der Waals surface area contributed by atoms with Crippen LogP contribution in [0.4, 0.5) is 10.8 Å². The Morgan fingerprint density at radius 3 is 2.73 bits per heavy atom. The van der Waals surface area contributed by atoms with Crippen molar-refractivity contribution in [2.75, 3.05) is 5.32 Å². The molecule has 7 heteroatoms. The Morgan fingerprint density at radius 1 is 1.00 bits per heavy atom. The van der Waals surface area contributed by atoms with E-state index in [1.807, 2.05) is 23.6 Å². The topological polar surface area (TPSA) is 66.5 Å². The molecule has 30 heavy (non-hydrogen) atoms. The smallest absolute Gasteiger partial charge is 0.187 e. The van der Waals surface area contributed by atoms with Gasteiger partial charge in [0.25, 0.3) is 0 Å². The third kappa shape index (κ3) is 3.67. The van der Waals surface area contributed by atoms with Gasteiger partial charge in [-0.15, -0.1) is 11.3 Å². The third-order valence-electron chi connectivity index (χ3n) is 4.89. The minimum atomic E-state index is 0.458. The number of rotatable bonds is 4. The molecular formula is C23H18ClN5S. The molecular weight excluding hydrogens is 414 g/mol. The first-order valence-electron chi connectivity index (χ1n) is 9.47. The normalized spacial score (nSPS) is 11.2. The predicted octanol–water partition coefficient (Wildman–Crippen LogP) is 6.76. The Morgan fingerprint density at radius 2 is 1.90 bits per heavy atom. The van der Waals surface area contributed by atoms with Gasteiger partial charge >= 0.3 is 0 Å². The van der Waals surface area contributed by atoms with Gasteiger partial charge in [0.1, 0.15) is 11.0 Å². The van der Waals surface area contributed by atoms with Crippen molar-refractivity contribution < 1.29 is 0 Å². The first-order valence-corrected chi connectivity index (χ1v) is 10.7. The van der Waals surface area contributed by atoms with Gasteiger partial charge in [-0.2, -0.15) is 0 Å². The van der Waals surface area contributed by atoms with Gasteiger partial charge in [0, 0.05) is 28.4 Å². The zero-order chi connectivity index (χ0) is 20.7. The molecule has 3 aromatic heterocycles. The summed E-state index contributed by atoms with van der Waals surface area (Å²) in [6.07, 6.45) is 1.69. The lowest BCUT2D eigenvalue weighted by atomic mass is 10.1. The molecule has 0 bridgehead atoms. The molecule has 5 aromatic rings. The molecule has 0 amide bonds. The Balaban J connectivity index is 1.46. The van der Waals surface area contributed by atoms with E-state index in [1.165, 1.54) is 5.56 Å². The number of imidazole rings is 1. The van der Waals surface area contributed by atoms with Crippen LogP contribution in [0.2, 0.25) is 5.15 Å².